The molecule has 1 heterocycles. The van der Waals surface area contributed by atoms with E-state index in [-0.39, 0.29) is 5.54 Å². The SMILES string of the molecule is CC(C)C1CCCC(N)(c2cnc3ccccc3c2)C1. The fourth-order valence-corrected chi connectivity index (χ4v) is 3.53. The van der Waals surface area contributed by atoms with Gasteiger partial charge in [-0.15, -0.1) is 0 Å². The highest BCUT2D eigenvalue weighted by atomic mass is 14.8. The van der Waals surface area contributed by atoms with E-state index in [1.165, 1.54) is 23.8 Å². The van der Waals surface area contributed by atoms with Crippen LogP contribution in [0.5, 0.6) is 0 Å². The highest BCUT2D eigenvalue weighted by Gasteiger charge is 2.35. The molecule has 106 valence electrons. The average Bonchev–Trinajstić information content (AvgIpc) is 2.47. The maximum Gasteiger partial charge on any atom is 0.0702 e. The van der Waals surface area contributed by atoms with Crippen molar-refractivity contribution in [3.8, 4) is 0 Å². The van der Waals surface area contributed by atoms with E-state index < -0.39 is 0 Å². The normalized spacial score (nSPS) is 27.1. The zero-order chi connectivity index (χ0) is 14.2. The first kappa shape index (κ1) is 13.6. The van der Waals surface area contributed by atoms with Gasteiger partial charge in [0.1, 0.15) is 0 Å². The zero-order valence-corrected chi connectivity index (χ0v) is 12.5. The third kappa shape index (κ3) is 2.45. The first-order valence-corrected chi connectivity index (χ1v) is 7.73. The van der Waals surface area contributed by atoms with Crippen LogP contribution in [-0.2, 0) is 5.54 Å². The number of hydrogen-bond acceptors (Lipinski definition) is 2. The molecule has 2 aromatic rings. The lowest BCUT2D eigenvalue weighted by Gasteiger charge is -2.40. The van der Waals surface area contributed by atoms with Crippen LogP contribution in [0.15, 0.2) is 36.5 Å². The van der Waals surface area contributed by atoms with E-state index in [4.69, 9.17) is 5.73 Å². The number of rotatable bonds is 2. The van der Waals surface area contributed by atoms with Gasteiger partial charge < -0.3 is 5.73 Å². The Balaban J connectivity index is 1.96. The molecule has 0 spiro atoms. The van der Waals surface area contributed by atoms with Crippen LogP contribution >= 0.6 is 0 Å². The van der Waals surface area contributed by atoms with E-state index >= 15 is 0 Å². The van der Waals surface area contributed by atoms with Crippen LogP contribution in [-0.4, -0.2) is 4.98 Å². The van der Waals surface area contributed by atoms with Crippen molar-refractivity contribution in [2.45, 2.75) is 45.1 Å². The van der Waals surface area contributed by atoms with Crippen LogP contribution < -0.4 is 5.73 Å². The standard InChI is InChI=1S/C18H24N2/c1-13(2)15-7-5-9-18(19,11-15)16-10-14-6-3-4-8-17(14)20-12-16/h3-4,6,8,10,12-13,15H,5,7,9,11,19H2,1-2H3. The third-order valence-corrected chi connectivity index (χ3v) is 4.93. The predicted molar refractivity (Wildman–Crippen MR) is 84.4 cm³/mol. The molecule has 0 aliphatic heterocycles. The molecule has 2 N–H and O–H groups in total. The molecule has 1 aliphatic carbocycles. The van der Waals surface area contributed by atoms with Gasteiger partial charge in [-0.2, -0.15) is 0 Å². The van der Waals surface area contributed by atoms with Gasteiger partial charge in [-0.3, -0.25) is 4.98 Å². The van der Waals surface area contributed by atoms with Gasteiger partial charge in [-0.25, -0.2) is 0 Å². The van der Waals surface area contributed by atoms with Crippen LogP contribution in [0.2, 0.25) is 0 Å². The minimum Gasteiger partial charge on any atom is -0.321 e. The molecule has 2 atom stereocenters. The molecule has 0 amide bonds. The summed E-state index contributed by atoms with van der Waals surface area (Å²) >= 11 is 0. The summed E-state index contributed by atoms with van der Waals surface area (Å²) in [5.41, 5.74) is 8.83. The molecule has 1 saturated carbocycles. The predicted octanol–water partition coefficient (Wildman–Crippen LogP) is 4.24. The summed E-state index contributed by atoms with van der Waals surface area (Å²) in [7, 11) is 0. The van der Waals surface area contributed by atoms with Gasteiger partial charge in [0.25, 0.3) is 0 Å². The maximum atomic E-state index is 6.76. The van der Waals surface area contributed by atoms with Gasteiger partial charge in [-0.05, 0) is 42.4 Å². The number of pyridine rings is 1. The molecule has 1 aromatic carbocycles. The van der Waals surface area contributed by atoms with Crippen molar-refractivity contribution in [2.75, 3.05) is 0 Å². The van der Waals surface area contributed by atoms with E-state index in [1.807, 2.05) is 12.3 Å². The topological polar surface area (TPSA) is 38.9 Å². The molecule has 1 aromatic heterocycles. The van der Waals surface area contributed by atoms with Gasteiger partial charge >= 0.3 is 0 Å². The Hall–Kier alpha value is -1.41. The van der Waals surface area contributed by atoms with E-state index in [0.29, 0.717) is 5.92 Å². The molecule has 0 saturated heterocycles. The number of hydrogen-bond donors (Lipinski definition) is 1. The first-order valence-electron chi connectivity index (χ1n) is 7.73. The second-order valence-electron chi connectivity index (χ2n) is 6.67. The van der Waals surface area contributed by atoms with E-state index in [9.17, 15) is 0 Å². The number of fused-ring (bicyclic) bond motifs is 1. The molecule has 3 rings (SSSR count). The van der Waals surface area contributed by atoms with Gasteiger partial charge in [0, 0.05) is 17.1 Å². The largest absolute Gasteiger partial charge is 0.321 e. The fourth-order valence-electron chi connectivity index (χ4n) is 3.53. The second kappa shape index (κ2) is 5.17. The summed E-state index contributed by atoms with van der Waals surface area (Å²) in [6.45, 7) is 4.63. The second-order valence-corrected chi connectivity index (χ2v) is 6.67. The lowest BCUT2D eigenvalue weighted by Crippen LogP contribution is -2.42. The zero-order valence-electron chi connectivity index (χ0n) is 12.5. The number of para-hydroxylation sites is 1. The van der Waals surface area contributed by atoms with Crippen molar-refractivity contribution in [1.82, 2.24) is 4.98 Å². The summed E-state index contributed by atoms with van der Waals surface area (Å²) in [5.74, 6) is 1.45. The van der Waals surface area contributed by atoms with Crippen molar-refractivity contribution in [3.05, 3.63) is 42.1 Å². The molecule has 2 unspecified atom stereocenters. The summed E-state index contributed by atoms with van der Waals surface area (Å²) in [4.78, 5) is 4.59. The highest BCUT2D eigenvalue weighted by Crippen LogP contribution is 2.41. The Kier molecular flexibility index (Phi) is 3.51. The molecular weight excluding hydrogens is 244 g/mol. The molecule has 0 bridgehead atoms. The molecule has 2 nitrogen and oxygen atoms in total. The summed E-state index contributed by atoms with van der Waals surface area (Å²) < 4.78 is 0. The molecule has 2 heteroatoms. The van der Waals surface area contributed by atoms with Crippen molar-refractivity contribution < 1.29 is 0 Å². The Morgan fingerprint density at radius 1 is 1.30 bits per heavy atom. The Labute approximate surface area is 121 Å². The fraction of sp³-hybridized carbons (Fsp3) is 0.500. The summed E-state index contributed by atoms with van der Waals surface area (Å²) in [6, 6.07) is 10.5. The van der Waals surface area contributed by atoms with Crippen LogP contribution in [0.3, 0.4) is 0 Å². The summed E-state index contributed by atoms with van der Waals surface area (Å²) in [6.07, 6.45) is 6.70. The van der Waals surface area contributed by atoms with Gasteiger partial charge in [-0.1, -0.05) is 44.9 Å². The smallest absolute Gasteiger partial charge is 0.0702 e. The highest BCUT2D eigenvalue weighted by molar-refractivity contribution is 5.79. The van der Waals surface area contributed by atoms with Crippen LogP contribution in [0.1, 0.15) is 45.1 Å². The monoisotopic (exact) mass is 268 g/mol. The van der Waals surface area contributed by atoms with Gasteiger partial charge in [0.15, 0.2) is 0 Å². The van der Waals surface area contributed by atoms with Crippen molar-refractivity contribution in [2.24, 2.45) is 17.6 Å². The average molecular weight is 268 g/mol. The van der Waals surface area contributed by atoms with Crippen LogP contribution in [0.4, 0.5) is 0 Å². The van der Waals surface area contributed by atoms with Crippen LogP contribution in [0.25, 0.3) is 10.9 Å². The van der Waals surface area contributed by atoms with Crippen molar-refractivity contribution in [1.29, 1.82) is 0 Å². The lowest BCUT2D eigenvalue weighted by atomic mass is 9.69. The van der Waals surface area contributed by atoms with E-state index in [0.717, 1.165) is 24.3 Å². The quantitative estimate of drug-likeness (QED) is 0.885. The maximum absolute atomic E-state index is 6.76. The molecular formula is C18H24N2. The van der Waals surface area contributed by atoms with Crippen LogP contribution in [0, 0.1) is 11.8 Å². The van der Waals surface area contributed by atoms with Crippen molar-refractivity contribution >= 4 is 10.9 Å². The van der Waals surface area contributed by atoms with Gasteiger partial charge in [0.2, 0.25) is 0 Å². The number of nitrogens with zero attached hydrogens (tertiary/aromatic N) is 1. The molecule has 20 heavy (non-hydrogen) atoms. The molecule has 0 radical (unpaired) electrons. The lowest BCUT2D eigenvalue weighted by molar-refractivity contribution is 0.184. The Morgan fingerprint density at radius 3 is 2.90 bits per heavy atom. The number of nitrogens with two attached hydrogens (primary N) is 1. The summed E-state index contributed by atoms with van der Waals surface area (Å²) in [5, 5.41) is 1.20. The third-order valence-electron chi connectivity index (χ3n) is 4.93. The van der Waals surface area contributed by atoms with E-state index in [2.05, 4.69) is 43.1 Å². The van der Waals surface area contributed by atoms with Gasteiger partial charge in [0.05, 0.1) is 5.52 Å². The molecule has 1 fully saturated rings. The van der Waals surface area contributed by atoms with Crippen molar-refractivity contribution in [3.63, 3.8) is 0 Å². The minimum absolute atomic E-state index is 0.190. The number of aromatic nitrogens is 1. The Bertz CT molecular complexity index is 605. The number of benzene rings is 1. The first-order chi connectivity index (χ1) is 9.58. The minimum atomic E-state index is -0.190. The Morgan fingerprint density at radius 2 is 2.10 bits per heavy atom. The van der Waals surface area contributed by atoms with E-state index in [1.54, 1.807) is 0 Å². The molecule has 1 aliphatic rings.